The number of methoxy groups -OCH3 is 3. The molecule has 0 heterocycles. The van der Waals surface area contributed by atoms with Gasteiger partial charge in [-0.15, -0.1) is 0 Å². The molecule has 92 valence electrons. The van der Waals surface area contributed by atoms with Gasteiger partial charge in [0.25, 0.3) is 0 Å². The Morgan fingerprint density at radius 1 is 1.24 bits per heavy atom. The Hall–Kier alpha value is -1.68. The number of rotatable bonds is 4. The first-order valence-corrected chi connectivity index (χ1v) is 5.18. The maximum absolute atomic E-state index is 11.0. The molecule has 0 bridgehead atoms. The van der Waals surface area contributed by atoms with Gasteiger partial charge in [-0.25, -0.2) is 4.79 Å². The van der Waals surface area contributed by atoms with Crippen LogP contribution in [0.2, 0.25) is 5.02 Å². The predicted molar refractivity (Wildman–Crippen MR) is 65.6 cm³/mol. The van der Waals surface area contributed by atoms with Crippen LogP contribution in [-0.2, 0) is 9.53 Å². The Labute approximate surface area is 105 Å². The van der Waals surface area contributed by atoms with E-state index in [0.29, 0.717) is 22.1 Å². The van der Waals surface area contributed by atoms with E-state index in [1.165, 1.54) is 27.4 Å². The number of benzene rings is 1. The molecular formula is C12H13ClO4. The van der Waals surface area contributed by atoms with Gasteiger partial charge < -0.3 is 14.2 Å². The molecule has 0 atom stereocenters. The van der Waals surface area contributed by atoms with Gasteiger partial charge in [0.1, 0.15) is 0 Å². The molecule has 0 aromatic heterocycles. The van der Waals surface area contributed by atoms with Crippen molar-refractivity contribution in [2.24, 2.45) is 0 Å². The molecular weight excluding hydrogens is 244 g/mol. The summed E-state index contributed by atoms with van der Waals surface area (Å²) < 4.78 is 14.7. The number of carbonyl (C=O) groups is 1. The molecule has 0 spiro atoms. The molecule has 0 saturated carbocycles. The lowest BCUT2D eigenvalue weighted by molar-refractivity contribution is -0.134. The van der Waals surface area contributed by atoms with Crippen LogP contribution >= 0.6 is 11.6 Å². The molecule has 0 fully saturated rings. The van der Waals surface area contributed by atoms with Gasteiger partial charge in [0.15, 0.2) is 11.5 Å². The van der Waals surface area contributed by atoms with Crippen LogP contribution in [0.15, 0.2) is 18.2 Å². The van der Waals surface area contributed by atoms with E-state index in [9.17, 15) is 4.79 Å². The Balaban J connectivity index is 3.11. The lowest BCUT2D eigenvalue weighted by Crippen LogP contribution is -1.95. The van der Waals surface area contributed by atoms with Crippen molar-refractivity contribution < 1.29 is 19.0 Å². The monoisotopic (exact) mass is 256 g/mol. The predicted octanol–water partition coefficient (Wildman–Crippen LogP) is 2.54. The standard InChI is InChI=1S/C12H13ClO4/c1-15-9-6-4-8(5-7-10(14)16-2)11(13)12(9)17-3/h4-7H,1-3H3/b7-5+. The summed E-state index contributed by atoms with van der Waals surface area (Å²) in [7, 11) is 4.33. The lowest BCUT2D eigenvalue weighted by atomic mass is 10.2. The molecule has 0 unspecified atom stereocenters. The average Bonchev–Trinajstić information content (AvgIpc) is 2.36. The average molecular weight is 257 g/mol. The van der Waals surface area contributed by atoms with Crippen molar-refractivity contribution in [2.75, 3.05) is 21.3 Å². The van der Waals surface area contributed by atoms with Crippen LogP contribution in [0.1, 0.15) is 5.56 Å². The second kappa shape index (κ2) is 6.15. The minimum Gasteiger partial charge on any atom is -0.493 e. The molecule has 0 N–H and O–H groups in total. The third-order valence-electron chi connectivity index (χ3n) is 2.12. The second-order valence-corrected chi connectivity index (χ2v) is 3.44. The van der Waals surface area contributed by atoms with Gasteiger partial charge in [0.2, 0.25) is 0 Å². The second-order valence-electron chi connectivity index (χ2n) is 3.06. The summed E-state index contributed by atoms with van der Waals surface area (Å²) in [6.07, 6.45) is 2.84. The summed E-state index contributed by atoms with van der Waals surface area (Å²) in [4.78, 5) is 11.0. The molecule has 0 saturated heterocycles. The van der Waals surface area contributed by atoms with E-state index >= 15 is 0 Å². The maximum atomic E-state index is 11.0. The van der Waals surface area contributed by atoms with Crippen molar-refractivity contribution in [2.45, 2.75) is 0 Å². The van der Waals surface area contributed by atoms with E-state index in [-0.39, 0.29) is 0 Å². The fourth-order valence-electron chi connectivity index (χ4n) is 1.26. The summed E-state index contributed by atoms with van der Waals surface area (Å²) in [6.45, 7) is 0. The maximum Gasteiger partial charge on any atom is 0.330 e. The third-order valence-corrected chi connectivity index (χ3v) is 2.50. The van der Waals surface area contributed by atoms with Crippen molar-refractivity contribution in [3.05, 3.63) is 28.8 Å². The molecule has 0 aliphatic heterocycles. The highest BCUT2D eigenvalue weighted by atomic mass is 35.5. The van der Waals surface area contributed by atoms with Crippen LogP contribution in [0, 0.1) is 0 Å². The number of esters is 1. The van der Waals surface area contributed by atoms with Crippen LogP contribution in [0.3, 0.4) is 0 Å². The van der Waals surface area contributed by atoms with Crippen LogP contribution in [0.4, 0.5) is 0 Å². The van der Waals surface area contributed by atoms with Gasteiger partial charge in [-0.2, -0.15) is 0 Å². The molecule has 0 aliphatic carbocycles. The Morgan fingerprint density at radius 2 is 1.94 bits per heavy atom. The third kappa shape index (κ3) is 3.14. The number of carbonyl (C=O) groups excluding carboxylic acids is 1. The number of hydrogen-bond donors (Lipinski definition) is 0. The number of ether oxygens (including phenoxy) is 3. The van der Waals surface area contributed by atoms with Gasteiger partial charge in [-0.1, -0.05) is 11.6 Å². The summed E-state index contributed by atoms with van der Waals surface area (Å²) in [5.41, 5.74) is 0.648. The van der Waals surface area contributed by atoms with E-state index < -0.39 is 5.97 Å². The zero-order valence-corrected chi connectivity index (χ0v) is 10.6. The zero-order chi connectivity index (χ0) is 12.8. The minimum atomic E-state index is -0.448. The Morgan fingerprint density at radius 3 is 2.47 bits per heavy atom. The van der Waals surface area contributed by atoms with Gasteiger partial charge in [-0.3, -0.25) is 0 Å². The highest BCUT2D eigenvalue weighted by molar-refractivity contribution is 6.33. The lowest BCUT2D eigenvalue weighted by Gasteiger charge is -2.10. The van der Waals surface area contributed by atoms with Gasteiger partial charge in [0, 0.05) is 6.08 Å². The molecule has 17 heavy (non-hydrogen) atoms. The first kappa shape index (κ1) is 13.4. The SMILES string of the molecule is COC(=O)/C=C/c1ccc(OC)c(OC)c1Cl. The quantitative estimate of drug-likeness (QED) is 0.613. The van der Waals surface area contributed by atoms with Gasteiger partial charge in [-0.05, 0) is 23.8 Å². The number of halogens is 1. The van der Waals surface area contributed by atoms with Crippen LogP contribution in [0.5, 0.6) is 11.5 Å². The first-order valence-electron chi connectivity index (χ1n) is 4.80. The summed E-state index contributed by atoms with van der Waals surface area (Å²) in [5.74, 6) is 0.518. The molecule has 1 aromatic carbocycles. The molecule has 1 rings (SSSR count). The molecule has 0 radical (unpaired) electrons. The first-order chi connectivity index (χ1) is 8.13. The smallest absolute Gasteiger partial charge is 0.330 e. The summed E-state index contributed by atoms with van der Waals surface area (Å²) in [6, 6.07) is 3.44. The molecule has 0 amide bonds. The van der Waals surface area contributed by atoms with E-state index in [1.807, 2.05) is 0 Å². The van der Waals surface area contributed by atoms with Crippen molar-refractivity contribution >= 4 is 23.6 Å². The fraction of sp³-hybridized carbons (Fsp3) is 0.250. The van der Waals surface area contributed by atoms with Crippen LogP contribution < -0.4 is 9.47 Å². The van der Waals surface area contributed by atoms with Gasteiger partial charge in [0.05, 0.1) is 26.4 Å². The summed E-state index contributed by atoms with van der Waals surface area (Å²) >= 11 is 6.11. The molecule has 0 aliphatic rings. The molecule has 1 aromatic rings. The highest BCUT2D eigenvalue weighted by Gasteiger charge is 2.11. The summed E-state index contributed by atoms with van der Waals surface area (Å²) in [5, 5.41) is 0.381. The van der Waals surface area contributed by atoms with E-state index in [2.05, 4.69) is 4.74 Å². The van der Waals surface area contributed by atoms with E-state index in [1.54, 1.807) is 18.2 Å². The van der Waals surface area contributed by atoms with Crippen molar-refractivity contribution in [1.29, 1.82) is 0 Å². The highest BCUT2D eigenvalue weighted by Crippen LogP contribution is 2.37. The normalized spacial score (nSPS) is 10.4. The Bertz CT molecular complexity index is 440. The topological polar surface area (TPSA) is 44.8 Å². The number of hydrogen-bond acceptors (Lipinski definition) is 4. The van der Waals surface area contributed by atoms with Crippen molar-refractivity contribution in [1.82, 2.24) is 0 Å². The van der Waals surface area contributed by atoms with Crippen LogP contribution in [0.25, 0.3) is 6.08 Å². The van der Waals surface area contributed by atoms with Crippen molar-refractivity contribution in [3.8, 4) is 11.5 Å². The van der Waals surface area contributed by atoms with Crippen molar-refractivity contribution in [3.63, 3.8) is 0 Å². The molecule has 4 nitrogen and oxygen atoms in total. The van der Waals surface area contributed by atoms with E-state index in [0.717, 1.165) is 0 Å². The zero-order valence-electron chi connectivity index (χ0n) is 9.82. The van der Waals surface area contributed by atoms with Gasteiger partial charge >= 0.3 is 5.97 Å². The minimum absolute atomic E-state index is 0.381. The fourth-order valence-corrected chi connectivity index (χ4v) is 1.56. The largest absolute Gasteiger partial charge is 0.493 e. The Kier molecular flexibility index (Phi) is 4.84. The van der Waals surface area contributed by atoms with E-state index in [4.69, 9.17) is 21.1 Å². The van der Waals surface area contributed by atoms with Crippen LogP contribution in [-0.4, -0.2) is 27.3 Å². The molecule has 5 heteroatoms.